The molecule has 1 aliphatic heterocycles. The zero-order valence-corrected chi connectivity index (χ0v) is 10.9. The Kier molecular flexibility index (Phi) is 4.20. The lowest BCUT2D eigenvalue weighted by Gasteiger charge is -2.22. The molecule has 0 N–H and O–H groups in total. The molecule has 0 aromatic carbocycles. The van der Waals surface area contributed by atoms with Gasteiger partial charge in [-0.1, -0.05) is 0 Å². The minimum Gasteiger partial charge on any atom is -0.381 e. The molecule has 1 unspecified atom stereocenters. The summed E-state index contributed by atoms with van der Waals surface area (Å²) in [6.45, 7) is 1.10. The molecule has 1 atom stereocenters. The van der Waals surface area contributed by atoms with Crippen LogP contribution in [-0.2, 0) is 19.4 Å². The summed E-state index contributed by atoms with van der Waals surface area (Å²) in [6, 6.07) is 0. The Morgan fingerprint density at radius 2 is 1.88 bits per heavy atom. The van der Waals surface area contributed by atoms with Crippen molar-refractivity contribution in [2.24, 2.45) is 5.92 Å². The smallest absolute Gasteiger partial charge is 0.153 e. The molecule has 0 aromatic rings. The van der Waals surface area contributed by atoms with Crippen molar-refractivity contribution in [1.29, 1.82) is 0 Å². The second kappa shape index (κ2) is 5.48. The van der Waals surface area contributed by atoms with E-state index < -0.39 is 9.84 Å². The summed E-state index contributed by atoms with van der Waals surface area (Å²) < 4.78 is 29.3. The van der Waals surface area contributed by atoms with Gasteiger partial charge in [0, 0.05) is 25.6 Å². The fraction of sp³-hybridized carbons (Fsp3) is 0.917. The van der Waals surface area contributed by atoms with Crippen LogP contribution in [0.25, 0.3) is 0 Å². The van der Waals surface area contributed by atoms with E-state index in [-0.39, 0.29) is 22.7 Å². The van der Waals surface area contributed by atoms with Gasteiger partial charge < -0.3 is 4.74 Å². The van der Waals surface area contributed by atoms with E-state index in [4.69, 9.17) is 4.74 Å². The van der Waals surface area contributed by atoms with Crippen molar-refractivity contribution in [2.75, 3.05) is 19.0 Å². The third kappa shape index (κ3) is 3.28. The Labute approximate surface area is 103 Å². The summed E-state index contributed by atoms with van der Waals surface area (Å²) in [4.78, 5) is 11.5. The van der Waals surface area contributed by atoms with E-state index in [9.17, 15) is 13.2 Å². The van der Waals surface area contributed by atoms with E-state index in [0.717, 1.165) is 12.8 Å². The lowest BCUT2D eigenvalue weighted by Crippen LogP contribution is -2.31. The van der Waals surface area contributed by atoms with Crippen molar-refractivity contribution >= 4 is 15.6 Å². The van der Waals surface area contributed by atoms with Gasteiger partial charge in [-0.15, -0.1) is 0 Å². The van der Waals surface area contributed by atoms with Crippen LogP contribution in [-0.4, -0.2) is 38.4 Å². The number of Topliss-reactive ketones (excluding diaryl/α,β-unsaturated/α-hetero) is 1. The third-order valence-corrected chi connectivity index (χ3v) is 6.15. The minimum atomic E-state index is -3.03. The molecule has 1 saturated heterocycles. The van der Waals surface area contributed by atoms with Crippen LogP contribution in [0.2, 0.25) is 0 Å². The summed E-state index contributed by atoms with van der Waals surface area (Å²) in [5, 5.41) is -0.243. The van der Waals surface area contributed by atoms with Crippen LogP contribution in [0, 0.1) is 5.92 Å². The van der Waals surface area contributed by atoms with Crippen LogP contribution in [0.15, 0.2) is 0 Å². The van der Waals surface area contributed by atoms with E-state index in [0.29, 0.717) is 38.9 Å². The predicted octanol–water partition coefficient (Wildman–Crippen LogP) is 1.34. The number of ether oxygens (including phenoxy) is 1. The first-order chi connectivity index (χ1) is 8.09. The van der Waals surface area contributed by atoms with E-state index in [1.807, 2.05) is 0 Å². The van der Waals surface area contributed by atoms with E-state index in [1.54, 1.807) is 0 Å². The summed E-state index contributed by atoms with van der Waals surface area (Å²) in [5.74, 6) is 0.436. The van der Waals surface area contributed by atoms with Gasteiger partial charge in [0.25, 0.3) is 0 Å². The molecule has 1 aliphatic carbocycles. The van der Waals surface area contributed by atoms with Crippen molar-refractivity contribution in [3.63, 3.8) is 0 Å². The highest BCUT2D eigenvalue weighted by Crippen LogP contribution is 2.26. The maximum Gasteiger partial charge on any atom is 0.153 e. The number of hydrogen-bond donors (Lipinski definition) is 0. The highest BCUT2D eigenvalue weighted by atomic mass is 32.2. The second-order valence-corrected chi connectivity index (χ2v) is 7.42. The third-order valence-electron chi connectivity index (χ3n) is 3.86. The molecule has 2 aliphatic rings. The van der Waals surface area contributed by atoms with E-state index in [2.05, 4.69) is 0 Å². The molecule has 0 bridgehead atoms. The van der Waals surface area contributed by atoms with Crippen molar-refractivity contribution in [1.82, 2.24) is 0 Å². The minimum absolute atomic E-state index is 0.00427. The zero-order chi connectivity index (χ0) is 12.3. The first-order valence-electron chi connectivity index (χ1n) is 6.41. The maximum absolute atomic E-state index is 12.1. The van der Waals surface area contributed by atoms with Gasteiger partial charge >= 0.3 is 0 Å². The largest absolute Gasteiger partial charge is 0.381 e. The predicted molar refractivity (Wildman–Crippen MR) is 64.6 cm³/mol. The van der Waals surface area contributed by atoms with Gasteiger partial charge in [0.15, 0.2) is 9.84 Å². The molecular formula is C12H20O4S. The Hall–Kier alpha value is -0.420. The molecule has 1 saturated carbocycles. The summed E-state index contributed by atoms with van der Waals surface area (Å²) in [7, 11) is -3.03. The van der Waals surface area contributed by atoms with Gasteiger partial charge in [0.2, 0.25) is 0 Å². The standard InChI is InChI=1S/C12H20O4S/c13-12-3-1-2-10(12)6-9-17(14,15)11-4-7-16-8-5-11/h10-11H,1-9H2. The molecule has 1 heterocycles. The molecule has 4 nitrogen and oxygen atoms in total. The van der Waals surface area contributed by atoms with Gasteiger partial charge in [-0.05, 0) is 32.1 Å². The van der Waals surface area contributed by atoms with Gasteiger partial charge in [0.1, 0.15) is 5.78 Å². The first-order valence-corrected chi connectivity index (χ1v) is 8.13. The van der Waals surface area contributed by atoms with E-state index in [1.165, 1.54) is 0 Å². The van der Waals surface area contributed by atoms with Crippen LogP contribution in [0.1, 0.15) is 38.5 Å². The molecular weight excluding hydrogens is 240 g/mol. The van der Waals surface area contributed by atoms with Gasteiger partial charge in [0.05, 0.1) is 11.0 Å². The Bertz CT molecular complexity index is 368. The number of hydrogen-bond acceptors (Lipinski definition) is 4. The molecule has 0 spiro atoms. The SMILES string of the molecule is O=C1CCCC1CCS(=O)(=O)C1CCOCC1. The molecule has 5 heteroatoms. The Morgan fingerprint density at radius 1 is 1.18 bits per heavy atom. The highest BCUT2D eigenvalue weighted by Gasteiger charge is 2.30. The van der Waals surface area contributed by atoms with Crippen LogP contribution < -0.4 is 0 Å². The van der Waals surface area contributed by atoms with Crippen LogP contribution in [0.5, 0.6) is 0 Å². The maximum atomic E-state index is 12.1. The first kappa shape index (κ1) is 13.0. The van der Waals surface area contributed by atoms with Crippen LogP contribution >= 0.6 is 0 Å². The molecule has 98 valence electrons. The molecule has 0 aromatic heterocycles. The van der Waals surface area contributed by atoms with Crippen molar-refractivity contribution < 1.29 is 17.9 Å². The summed E-state index contributed by atoms with van der Waals surface area (Å²) in [6.07, 6.45) is 4.20. The van der Waals surface area contributed by atoms with Gasteiger partial charge in [-0.3, -0.25) is 4.79 Å². The molecule has 2 rings (SSSR count). The lowest BCUT2D eigenvalue weighted by molar-refractivity contribution is -0.120. The quantitative estimate of drug-likeness (QED) is 0.765. The second-order valence-electron chi connectivity index (χ2n) is 5.02. The molecule has 17 heavy (non-hydrogen) atoms. The molecule has 0 amide bonds. The topological polar surface area (TPSA) is 60.4 Å². The average molecular weight is 260 g/mol. The van der Waals surface area contributed by atoms with Crippen molar-refractivity contribution in [3.05, 3.63) is 0 Å². The fourth-order valence-corrected chi connectivity index (χ4v) is 4.56. The van der Waals surface area contributed by atoms with Gasteiger partial charge in [-0.2, -0.15) is 0 Å². The van der Waals surface area contributed by atoms with Crippen LogP contribution in [0.4, 0.5) is 0 Å². The Balaban J connectivity index is 1.86. The normalized spacial score (nSPS) is 27.5. The molecule has 2 fully saturated rings. The van der Waals surface area contributed by atoms with Crippen molar-refractivity contribution in [2.45, 2.75) is 43.8 Å². The lowest BCUT2D eigenvalue weighted by atomic mass is 10.1. The Morgan fingerprint density at radius 3 is 2.47 bits per heavy atom. The number of carbonyl (C=O) groups is 1. The summed E-state index contributed by atoms with van der Waals surface area (Å²) >= 11 is 0. The molecule has 0 radical (unpaired) electrons. The number of sulfone groups is 1. The van der Waals surface area contributed by atoms with E-state index >= 15 is 0 Å². The van der Waals surface area contributed by atoms with Gasteiger partial charge in [-0.25, -0.2) is 8.42 Å². The fourth-order valence-electron chi connectivity index (χ4n) is 2.70. The number of ketones is 1. The monoisotopic (exact) mass is 260 g/mol. The number of carbonyl (C=O) groups excluding carboxylic acids is 1. The number of rotatable bonds is 4. The van der Waals surface area contributed by atoms with Crippen molar-refractivity contribution in [3.8, 4) is 0 Å². The summed E-state index contributed by atoms with van der Waals surface area (Å²) in [5.41, 5.74) is 0. The average Bonchev–Trinajstić information content (AvgIpc) is 2.74. The zero-order valence-electron chi connectivity index (χ0n) is 10.1. The van der Waals surface area contributed by atoms with Crippen LogP contribution in [0.3, 0.4) is 0 Å². The highest BCUT2D eigenvalue weighted by molar-refractivity contribution is 7.92.